The Labute approximate surface area is 116 Å². The van der Waals surface area contributed by atoms with Gasteiger partial charge >= 0.3 is 0 Å². The van der Waals surface area contributed by atoms with Crippen LogP contribution in [0.1, 0.15) is 17.2 Å². The van der Waals surface area contributed by atoms with Crippen molar-refractivity contribution in [3.8, 4) is 0 Å². The van der Waals surface area contributed by atoms with Crippen LogP contribution in [0, 0.1) is 5.82 Å². The topological polar surface area (TPSA) is 15.3 Å². The van der Waals surface area contributed by atoms with Gasteiger partial charge in [0, 0.05) is 26.2 Å². The van der Waals surface area contributed by atoms with Crippen molar-refractivity contribution in [1.82, 2.24) is 10.2 Å². The second-order valence-corrected chi connectivity index (χ2v) is 5.58. The molecule has 4 heteroatoms. The van der Waals surface area contributed by atoms with Crippen LogP contribution in [0.3, 0.4) is 0 Å². The van der Waals surface area contributed by atoms with Crippen molar-refractivity contribution in [2.24, 2.45) is 0 Å². The van der Waals surface area contributed by atoms with E-state index in [0.29, 0.717) is 0 Å². The molecule has 0 radical (unpaired) electrons. The quantitative estimate of drug-likeness (QED) is 0.927. The first-order valence-corrected chi connectivity index (χ1v) is 7.51. The zero-order valence-electron chi connectivity index (χ0n) is 10.7. The Morgan fingerprint density at radius 1 is 1.05 bits per heavy atom. The minimum absolute atomic E-state index is 0.173. The molecule has 2 aromatic rings. The molecular formula is C15H17FN2S. The Balaban J connectivity index is 1.93. The van der Waals surface area contributed by atoms with Crippen molar-refractivity contribution in [3.05, 3.63) is 58.0 Å². The van der Waals surface area contributed by atoms with Gasteiger partial charge in [0.1, 0.15) is 5.82 Å². The molecule has 0 bridgehead atoms. The Morgan fingerprint density at radius 2 is 1.79 bits per heavy atom. The summed E-state index contributed by atoms with van der Waals surface area (Å²) in [5, 5.41) is 7.67. The first-order chi connectivity index (χ1) is 9.34. The highest BCUT2D eigenvalue weighted by molar-refractivity contribution is 7.08. The lowest BCUT2D eigenvalue weighted by Gasteiger charge is -2.35. The highest BCUT2D eigenvalue weighted by Gasteiger charge is 2.23. The van der Waals surface area contributed by atoms with E-state index >= 15 is 0 Å². The molecule has 1 aliphatic rings. The maximum Gasteiger partial charge on any atom is 0.123 e. The summed E-state index contributed by atoms with van der Waals surface area (Å²) in [5.74, 6) is -0.173. The third kappa shape index (κ3) is 2.86. The number of nitrogens with zero attached hydrogens (tertiary/aromatic N) is 1. The fraction of sp³-hybridized carbons (Fsp3) is 0.333. The summed E-state index contributed by atoms with van der Waals surface area (Å²) < 4.78 is 13.1. The van der Waals surface area contributed by atoms with Crippen LogP contribution in [0.5, 0.6) is 0 Å². The molecule has 1 aliphatic heterocycles. The predicted octanol–water partition coefficient (Wildman–Crippen LogP) is 2.88. The van der Waals surface area contributed by atoms with E-state index in [2.05, 4.69) is 27.0 Å². The monoisotopic (exact) mass is 276 g/mol. The summed E-state index contributed by atoms with van der Waals surface area (Å²) in [5.41, 5.74) is 2.47. The Bertz CT molecular complexity index is 503. The molecule has 1 N–H and O–H groups in total. The Kier molecular flexibility index (Phi) is 3.92. The van der Waals surface area contributed by atoms with Gasteiger partial charge < -0.3 is 5.32 Å². The van der Waals surface area contributed by atoms with Crippen LogP contribution in [-0.2, 0) is 0 Å². The van der Waals surface area contributed by atoms with E-state index in [1.807, 2.05) is 12.1 Å². The summed E-state index contributed by atoms with van der Waals surface area (Å²) in [7, 11) is 0. The third-order valence-electron chi connectivity index (χ3n) is 3.56. The van der Waals surface area contributed by atoms with Gasteiger partial charge in [0.25, 0.3) is 0 Å². The minimum atomic E-state index is -0.173. The van der Waals surface area contributed by atoms with Crippen LogP contribution in [0.2, 0.25) is 0 Å². The largest absolute Gasteiger partial charge is 0.314 e. The number of piperazine rings is 1. The van der Waals surface area contributed by atoms with Gasteiger partial charge in [-0.3, -0.25) is 4.90 Å². The van der Waals surface area contributed by atoms with E-state index in [1.165, 1.54) is 11.1 Å². The molecule has 0 spiro atoms. The molecule has 3 rings (SSSR count). The lowest BCUT2D eigenvalue weighted by atomic mass is 9.99. The van der Waals surface area contributed by atoms with Crippen molar-refractivity contribution in [2.75, 3.05) is 26.2 Å². The van der Waals surface area contributed by atoms with Crippen LogP contribution in [-0.4, -0.2) is 31.1 Å². The van der Waals surface area contributed by atoms with Crippen LogP contribution in [0.25, 0.3) is 0 Å². The molecule has 1 atom stereocenters. The predicted molar refractivity (Wildman–Crippen MR) is 77.0 cm³/mol. The second kappa shape index (κ2) is 5.82. The van der Waals surface area contributed by atoms with Gasteiger partial charge in [-0.25, -0.2) is 4.39 Å². The number of nitrogens with one attached hydrogen (secondary N) is 1. The second-order valence-electron chi connectivity index (χ2n) is 4.80. The molecular weight excluding hydrogens is 259 g/mol. The van der Waals surface area contributed by atoms with Gasteiger partial charge in [0.05, 0.1) is 6.04 Å². The van der Waals surface area contributed by atoms with E-state index in [0.717, 1.165) is 26.2 Å². The molecule has 1 aromatic heterocycles. The number of hydrogen-bond acceptors (Lipinski definition) is 3. The molecule has 2 heterocycles. The minimum Gasteiger partial charge on any atom is -0.314 e. The van der Waals surface area contributed by atoms with Gasteiger partial charge in [0.15, 0.2) is 0 Å². The molecule has 1 saturated heterocycles. The van der Waals surface area contributed by atoms with Crippen LogP contribution < -0.4 is 5.32 Å². The Hall–Kier alpha value is -1.23. The summed E-state index contributed by atoms with van der Waals surface area (Å²) >= 11 is 1.71. The average molecular weight is 276 g/mol. The van der Waals surface area contributed by atoms with Gasteiger partial charge in [-0.2, -0.15) is 11.3 Å². The summed E-state index contributed by atoms with van der Waals surface area (Å²) in [4.78, 5) is 2.46. The fourth-order valence-corrected chi connectivity index (χ4v) is 3.31. The molecule has 100 valence electrons. The molecule has 1 fully saturated rings. The van der Waals surface area contributed by atoms with E-state index in [4.69, 9.17) is 0 Å². The standard InChI is InChI=1S/C15H17FN2S/c16-14-3-1-12(2-4-14)15(13-5-10-19-11-13)18-8-6-17-7-9-18/h1-5,10-11,15,17H,6-9H2/t15-/m1/s1. The first-order valence-electron chi connectivity index (χ1n) is 6.57. The van der Waals surface area contributed by atoms with Crippen LogP contribution in [0.15, 0.2) is 41.1 Å². The van der Waals surface area contributed by atoms with E-state index in [-0.39, 0.29) is 11.9 Å². The van der Waals surface area contributed by atoms with Crippen molar-refractivity contribution in [3.63, 3.8) is 0 Å². The molecule has 0 amide bonds. The van der Waals surface area contributed by atoms with Gasteiger partial charge in [-0.15, -0.1) is 0 Å². The highest BCUT2D eigenvalue weighted by Crippen LogP contribution is 2.30. The van der Waals surface area contributed by atoms with E-state index in [1.54, 1.807) is 23.5 Å². The van der Waals surface area contributed by atoms with Crippen molar-refractivity contribution < 1.29 is 4.39 Å². The summed E-state index contributed by atoms with van der Waals surface area (Å²) in [6, 6.07) is 9.32. The number of benzene rings is 1. The molecule has 1 aromatic carbocycles. The molecule has 2 nitrogen and oxygen atoms in total. The zero-order chi connectivity index (χ0) is 13.1. The van der Waals surface area contributed by atoms with E-state index in [9.17, 15) is 4.39 Å². The highest BCUT2D eigenvalue weighted by atomic mass is 32.1. The smallest absolute Gasteiger partial charge is 0.123 e. The fourth-order valence-electron chi connectivity index (χ4n) is 2.63. The number of hydrogen-bond donors (Lipinski definition) is 1. The van der Waals surface area contributed by atoms with E-state index < -0.39 is 0 Å². The van der Waals surface area contributed by atoms with Gasteiger partial charge in [-0.05, 0) is 40.1 Å². The SMILES string of the molecule is Fc1ccc([C@H](c2ccsc2)N2CCNCC2)cc1. The molecule has 19 heavy (non-hydrogen) atoms. The normalized spacial score (nSPS) is 18.4. The lowest BCUT2D eigenvalue weighted by molar-refractivity contribution is 0.198. The van der Waals surface area contributed by atoms with Crippen LogP contribution in [0.4, 0.5) is 4.39 Å². The van der Waals surface area contributed by atoms with Gasteiger partial charge in [0.2, 0.25) is 0 Å². The summed E-state index contributed by atoms with van der Waals surface area (Å²) in [6.07, 6.45) is 0. The molecule has 0 aliphatic carbocycles. The van der Waals surface area contributed by atoms with Crippen molar-refractivity contribution >= 4 is 11.3 Å². The van der Waals surface area contributed by atoms with Crippen molar-refractivity contribution in [1.29, 1.82) is 0 Å². The lowest BCUT2D eigenvalue weighted by Crippen LogP contribution is -2.45. The zero-order valence-corrected chi connectivity index (χ0v) is 11.5. The molecule has 0 unspecified atom stereocenters. The van der Waals surface area contributed by atoms with Crippen molar-refractivity contribution in [2.45, 2.75) is 6.04 Å². The molecule has 0 saturated carbocycles. The average Bonchev–Trinajstić information content (AvgIpc) is 2.96. The summed E-state index contributed by atoms with van der Waals surface area (Å²) in [6.45, 7) is 4.08. The first kappa shape index (κ1) is 12.8. The van der Waals surface area contributed by atoms with Crippen LogP contribution >= 0.6 is 11.3 Å². The number of thiophene rings is 1. The van der Waals surface area contributed by atoms with Gasteiger partial charge in [-0.1, -0.05) is 12.1 Å². The third-order valence-corrected chi connectivity index (χ3v) is 4.26. The number of rotatable bonds is 3. The maximum absolute atomic E-state index is 13.1. The number of halogens is 1. The maximum atomic E-state index is 13.1. The Morgan fingerprint density at radius 3 is 2.42 bits per heavy atom.